The van der Waals surface area contributed by atoms with Crippen LogP contribution in [0.25, 0.3) is 0 Å². The highest BCUT2D eigenvalue weighted by molar-refractivity contribution is 5.95. The van der Waals surface area contributed by atoms with Gasteiger partial charge in [0.15, 0.2) is 0 Å². The first-order chi connectivity index (χ1) is 35.8. The van der Waals surface area contributed by atoms with Crippen molar-refractivity contribution in [3.8, 4) is 0 Å². The fourth-order valence-corrected chi connectivity index (χ4v) is 9.63. The van der Waals surface area contributed by atoms with Crippen LogP contribution in [0.2, 0.25) is 0 Å². The van der Waals surface area contributed by atoms with Crippen LogP contribution in [0, 0.1) is 0 Å². The molecule has 74 heavy (non-hydrogen) atoms. The van der Waals surface area contributed by atoms with Crippen LogP contribution in [0.15, 0.2) is 121 Å². The second kappa shape index (κ2) is 28.8. The standard InChI is InChI=1S/C58H78N8O8/c1-41(59-5)53(67)61-51(57(71)65-33-19-29-49(65)39-63(35-31-45-21-11-7-12-22-45)55(69)47-25-15-9-16-26-47)43(3)73-37-38-74-44(4)52(62-54(68)42(2)60-6)58(72)66-34-20-30-50(66)40-64(36-32-46-23-13-8-14-24-46)56(70)48-27-17-10-18-28-48/h7-18,21-28,41-44,49-52,59-60H,19-20,29-40H2,1-6H3,(H,61,67)(H,62,68)/t41-,42-,43+,44+,49-,50-,51-,52-/m0/s1. The molecule has 4 aromatic carbocycles. The van der Waals surface area contributed by atoms with E-state index in [1.807, 2.05) is 107 Å². The molecule has 2 fully saturated rings. The maximum atomic E-state index is 14.7. The third kappa shape index (κ3) is 16.0. The van der Waals surface area contributed by atoms with Gasteiger partial charge in [0.2, 0.25) is 23.6 Å². The Morgan fingerprint density at radius 1 is 0.527 bits per heavy atom. The van der Waals surface area contributed by atoms with Gasteiger partial charge >= 0.3 is 0 Å². The van der Waals surface area contributed by atoms with Crippen molar-refractivity contribution in [2.45, 2.75) is 115 Å². The molecule has 398 valence electrons. The summed E-state index contributed by atoms with van der Waals surface area (Å²) in [5, 5.41) is 11.8. The molecule has 0 spiro atoms. The van der Waals surface area contributed by atoms with Crippen molar-refractivity contribution < 1.29 is 38.2 Å². The summed E-state index contributed by atoms with van der Waals surface area (Å²) in [6.45, 7) is 9.36. The number of hydrogen-bond acceptors (Lipinski definition) is 10. The number of benzene rings is 4. The highest BCUT2D eigenvalue weighted by Crippen LogP contribution is 2.24. The number of nitrogens with zero attached hydrogens (tertiary/aromatic N) is 4. The summed E-state index contributed by atoms with van der Waals surface area (Å²) in [4.78, 5) is 91.6. The lowest BCUT2D eigenvalue weighted by atomic mass is 10.1. The number of hydrogen-bond donors (Lipinski definition) is 4. The predicted molar refractivity (Wildman–Crippen MR) is 286 cm³/mol. The number of ether oxygens (including phenoxy) is 2. The van der Waals surface area contributed by atoms with Crippen LogP contribution in [0.1, 0.15) is 85.2 Å². The Morgan fingerprint density at radius 3 is 1.20 bits per heavy atom. The highest BCUT2D eigenvalue weighted by Gasteiger charge is 2.41. The van der Waals surface area contributed by atoms with Crippen LogP contribution in [-0.2, 0) is 41.5 Å². The molecular weight excluding hydrogens is 937 g/mol. The van der Waals surface area contributed by atoms with E-state index >= 15 is 0 Å². The van der Waals surface area contributed by atoms with E-state index < -0.39 is 36.4 Å². The molecule has 6 amide bonds. The first kappa shape index (κ1) is 56.8. The second-order valence-electron chi connectivity index (χ2n) is 19.5. The minimum atomic E-state index is -1.07. The molecule has 6 rings (SSSR count). The molecule has 2 aliphatic rings. The summed E-state index contributed by atoms with van der Waals surface area (Å²) in [7, 11) is 3.34. The minimum absolute atomic E-state index is 0.00109. The van der Waals surface area contributed by atoms with Crippen LogP contribution >= 0.6 is 0 Å². The van der Waals surface area contributed by atoms with E-state index in [0.29, 0.717) is 76.1 Å². The smallest absolute Gasteiger partial charge is 0.253 e. The van der Waals surface area contributed by atoms with Gasteiger partial charge in [0.1, 0.15) is 12.1 Å². The maximum absolute atomic E-state index is 14.7. The molecule has 16 nitrogen and oxygen atoms in total. The molecule has 0 unspecified atom stereocenters. The summed E-state index contributed by atoms with van der Waals surface area (Å²) < 4.78 is 12.6. The van der Waals surface area contributed by atoms with Gasteiger partial charge in [-0.1, -0.05) is 97.1 Å². The van der Waals surface area contributed by atoms with E-state index in [4.69, 9.17) is 9.47 Å². The summed E-state index contributed by atoms with van der Waals surface area (Å²) in [5.74, 6) is -1.59. The van der Waals surface area contributed by atoms with Crippen LogP contribution in [-0.4, -0.2) is 170 Å². The summed E-state index contributed by atoms with van der Waals surface area (Å²) >= 11 is 0. The first-order valence-electron chi connectivity index (χ1n) is 26.3. The molecule has 0 aromatic heterocycles. The SMILES string of the molecule is CN[C@@H](C)C(=O)N[C@H](C(=O)N1CCC[C@H]1CN(CCc1ccccc1)C(=O)c1ccccc1)[C@@H](C)OCCO[C@H](C)[C@H](NC(=O)[C@H](C)NC)C(=O)N1CCC[C@H]1CN(CCc1ccccc1)C(=O)c1ccccc1. The van der Waals surface area contributed by atoms with E-state index in [0.717, 1.165) is 24.0 Å². The highest BCUT2D eigenvalue weighted by atomic mass is 16.5. The van der Waals surface area contributed by atoms with E-state index in [1.165, 1.54) is 0 Å². The van der Waals surface area contributed by atoms with Gasteiger partial charge in [0.25, 0.3) is 11.8 Å². The molecule has 16 heteroatoms. The van der Waals surface area contributed by atoms with Crippen molar-refractivity contribution in [3.05, 3.63) is 144 Å². The lowest BCUT2D eigenvalue weighted by molar-refractivity contribution is -0.144. The fraction of sp³-hybridized carbons (Fsp3) is 0.483. The number of likely N-dealkylation sites (tertiary alicyclic amines) is 2. The van der Waals surface area contributed by atoms with Crippen LogP contribution < -0.4 is 21.3 Å². The number of carbonyl (C=O) groups is 6. The second-order valence-corrected chi connectivity index (χ2v) is 19.5. The van der Waals surface area contributed by atoms with Gasteiger partial charge in [0, 0.05) is 62.5 Å². The molecule has 2 saturated heterocycles. The van der Waals surface area contributed by atoms with Crippen molar-refractivity contribution in [2.24, 2.45) is 0 Å². The van der Waals surface area contributed by atoms with Gasteiger partial charge in [-0.3, -0.25) is 28.8 Å². The van der Waals surface area contributed by atoms with Crippen LogP contribution in [0.4, 0.5) is 0 Å². The molecule has 0 radical (unpaired) electrons. The molecule has 2 aliphatic heterocycles. The Balaban J connectivity index is 1.12. The third-order valence-corrected chi connectivity index (χ3v) is 14.4. The van der Waals surface area contributed by atoms with E-state index in [2.05, 4.69) is 21.3 Å². The third-order valence-electron chi connectivity index (χ3n) is 14.4. The molecule has 4 N–H and O–H groups in total. The fourth-order valence-electron chi connectivity index (χ4n) is 9.63. The zero-order chi connectivity index (χ0) is 53.0. The molecular formula is C58H78N8O8. The Hall–Kier alpha value is -6.46. The molecule has 0 aliphatic carbocycles. The van der Waals surface area contributed by atoms with Gasteiger partial charge in [-0.15, -0.1) is 0 Å². The minimum Gasteiger partial charge on any atom is -0.373 e. The normalized spacial score (nSPS) is 17.9. The molecule has 0 bridgehead atoms. The predicted octanol–water partition coefficient (Wildman–Crippen LogP) is 4.73. The van der Waals surface area contributed by atoms with Crippen molar-refractivity contribution in [2.75, 3.05) is 66.6 Å². The Morgan fingerprint density at radius 2 is 0.865 bits per heavy atom. The summed E-state index contributed by atoms with van der Waals surface area (Å²) in [6.07, 6.45) is 2.51. The first-order valence-corrected chi connectivity index (χ1v) is 26.3. The Kier molecular flexibility index (Phi) is 22.2. The number of rotatable bonds is 27. The number of likely N-dealkylation sites (N-methyl/N-ethyl adjacent to an activating group) is 2. The van der Waals surface area contributed by atoms with Gasteiger partial charge in [-0.05, 0) is 116 Å². The van der Waals surface area contributed by atoms with Crippen LogP contribution in [0.3, 0.4) is 0 Å². The van der Waals surface area contributed by atoms with Crippen molar-refractivity contribution in [1.29, 1.82) is 0 Å². The quantitative estimate of drug-likeness (QED) is 0.0610. The van der Waals surface area contributed by atoms with Crippen molar-refractivity contribution >= 4 is 35.4 Å². The van der Waals surface area contributed by atoms with Crippen molar-refractivity contribution in [1.82, 2.24) is 40.9 Å². The summed E-state index contributed by atoms with van der Waals surface area (Å²) in [6, 6.07) is 34.4. The Labute approximate surface area is 437 Å². The van der Waals surface area contributed by atoms with E-state index in [-0.39, 0.29) is 60.7 Å². The van der Waals surface area contributed by atoms with Gasteiger partial charge in [0.05, 0.1) is 37.5 Å². The average molecular weight is 1020 g/mol. The molecule has 8 atom stereocenters. The largest absolute Gasteiger partial charge is 0.373 e. The topological polar surface area (TPSA) is 182 Å². The van der Waals surface area contributed by atoms with Gasteiger partial charge in [-0.2, -0.15) is 0 Å². The van der Waals surface area contributed by atoms with E-state index in [1.54, 1.807) is 75.9 Å². The average Bonchev–Trinajstić information content (AvgIpc) is 4.12. The molecule has 2 heterocycles. The number of amides is 6. The zero-order valence-electron chi connectivity index (χ0n) is 44.1. The number of nitrogens with one attached hydrogen (secondary N) is 4. The Bertz CT molecular complexity index is 2230. The summed E-state index contributed by atoms with van der Waals surface area (Å²) in [5.41, 5.74) is 3.34. The number of carbonyl (C=O) groups excluding carboxylic acids is 6. The maximum Gasteiger partial charge on any atom is 0.253 e. The molecule has 4 aromatic rings. The lowest BCUT2D eigenvalue weighted by Gasteiger charge is -2.35. The van der Waals surface area contributed by atoms with Crippen LogP contribution in [0.5, 0.6) is 0 Å². The van der Waals surface area contributed by atoms with E-state index in [9.17, 15) is 28.8 Å². The lowest BCUT2D eigenvalue weighted by Crippen LogP contribution is -2.59. The zero-order valence-corrected chi connectivity index (χ0v) is 44.1. The monoisotopic (exact) mass is 1010 g/mol. The van der Waals surface area contributed by atoms with Gasteiger partial charge < -0.3 is 50.3 Å². The van der Waals surface area contributed by atoms with Gasteiger partial charge in [-0.25, -0.2) is 0 Å². The van der Waals surface area contributed by atoms with Crippen molar-refractivity contribution in [3.63, 3.8) is 0 Å². The molecule has 0 saturated carbocycles.